The van der Waals surface area contributed by atoms with Crippen molar-refractivity contribution in [3.05, 3.63) is 48.0 Å². The van der Waals surface area contributed by atoms with Crippen molar-refractivity contribution in [3.8, 4) is 0 Å². The molecule has 0 atom stereocenters. The topological polar surface area (TPSA) is 118 Å². The zero-order valence-corrected chi connectivity index (χ0v) is 17.8. The second-order valence-electron chi connectivity index (χ2n) is 6.47. The zero-order chi connectivity index (χ0) is 21.6. The monoisotopic (exact) mass is 450 g/mol. The molecule has 1 amide bonds. The van der Waals surface area contributed by atoms with Gasteiger partial charge in [-0.05, 0) is 37.1 Å². The lowest BCUT2D eigenvalue weighted by molar-refractivity contribution is -0.119. The van der Waals surface area contributed by atoms with Gasteiger partial charge < -0.3 is 15.4 Å². The van der Waals surface area contributed by atoms with E-state index in [0.29, 0.717) is 30.5 Å². The molecule has 9 nitrogen and oxygen atoms in total. The number of hydrogen-bond acceptors (Lipinski definition) is 8. The van der Waals surface area contributed by atoms with Gasteiger partial charge in [0.1, 0.15) is 0 Å². The number of esters is 1. The van der Waals surface area contributed by atoms with Gasteiger partial charge in [-0.15, -0.1) is 17.9 Å². The summed E-state index contributed by atoms with van der Waals surface area (Å²) < 4.78 is 31.4. The molecule has 1 aromatic carbocycles. The molecule has 0 unspecified atom stereocenters. The summed E-state index contributed by atoms with van der Waals surface area (Å²) in [5, 5.41) is 7.60. The quantitative estimate of drug-likeness (QED) is 0.445. The highest BCUT2D eigenvalue weighted by atomic mass is 32.2. The Morgan fingerprint density at radius 2 is 1.93 bits per heavy atom. The van der Waals surface area contributed by atoms with E-state index in [-0.39, 0.29) is 10.6 Å². The molecule has 2 aromatic rings. The van der Waals surface area contributed by atoms with E-state index in [2.05, 4.69) is 22.2 Å². The van der Waals surface area contributed by atoms with Crippen molar-refractivity contribution in [3.63, 3.8) is 0 Å². The van der Waals surface area contributed by atoms with Gasteiger partial charge in [-0.2, -0.15) is 4.31 Å². The summed E-state index contributed by atoms with van der Waals surface area (Å²) in [6, 6.07) is 5.89. The summed E-state index contributed by atoms with van der Waals surface area (Å²) in [7, 11) is -3.51. The van der Waals surface area contributed by atoms with Crippen LogP contribution in [0.15, 0.2) is 47.2 Å². The molecule has 160 valence electrons. The number of aromatic nitrogens is 1. The highest BCUT2D eigenvalue weighted by Crippen LogP contribution is 2.22. The fraction of sp³-hybridized carbons (Fsp3) is 0.316. The first-order valence-corrected chi connectivity index (χ1v) is 11.6. The molecule has 1 fully saturated rings. The zero-order valence-electron chi connectivity index (χ0n) is 16.2. The van der Waals surface area contributed by atoms with Gasteiger partial charge >= 0.3 is 5.97 Å². The summed E-state index contributed by atoms with van der Waals surface area (Å²) in [5.41, 5.74) is 0.511. The van der Waals surface area contributed by atoms with E-state index in [1.54, 1.807) is 6.08 Å². The molecule has 1 aromatic heterocycles. The van der Waals surface area contributed by atoms with Crippen molar-refractivity contribution in [2.24, 2.45) is 0 Å². The first-order valence-electron chi connectivity index (χ1n) is 9.27. The van der Waals surface area contributed by atoms with Crippen molar-refractivity contribution in [1.29, 1.82) is 0 Å². The predicted molar refractivity (Wildman–Crippen MR) is 114 cm³/mol. The number of thiazole rings is 1. The van der Waals surface area contributed by atoms with Crippen LogP contribution in [0.4, 0.5) is 10.8 Å². The van der Waals surface area contributed by atoms with E-state index >= 15 is 0 Å². The number of nitrogens with one attached hydrogen (secondary N) is 2. The molecule has 30 heavy (non-hydrogen) atoms. The summed E-state index contributed by atoms with van der Waals surface area (Å²) >= 11 is 1.24. The van der Waals surface area contributed by atoms with Crippen molar-refractivity contribution < 1.29 is 22.7 Å². The lowest BCUT2D eigenvalue weighted by Gasteiger charge is -2.15. The SMILES string of the molecule is C=CCNc1nc(C(=O)OCC(=O)Nc2ccc(S(=O)(=O)N3CCCC3)cc2)cs1. The maximum atomic E-state index is 12.5. The van der Waals surface area contributed by atoms with Crippen LogP contribution in [-0.4, -0.2) is 55.8 Å². The van der Waals surface area contributed by atoms with E-state index in [9.17, 15) is 18.0 Å². The van der Waals surface area contributed by atoms with Gasteiger partial charge in [-0.3, -0.25) is 4.79 Å². The van der Waals surface area contributed by atoms with Crippen LogP contribution in [0.1, 0.15) is 23.3 Å². The highest BCUT2D eigenvalue weighted by Gasteiger charge is 2.27. The van der Waals surface area contributed by atoms with Crippen molar-refractivity contribution >= 4 is 44.1 Å². The van der Waals surface area contributed by atoms with Gasteiger partial charge in [-0.1, -0.05) is 6.08 Å². The number of nitrogens with zero attached hydrogens (tertiary/aromatic N) is 2. The minimum atomic E-state index is -3.51. The summed E-state index contributed by atoms with van der Waals surface area (Å²) in [6.07, 6.45) is 3.39. The summed E-state index contributed by atoms with van der Waals surface area (Å²) in [5.74, 6) is -1.25. The molecule has 11 heteroatoms. The number of amides is 1. The third-order valence-electron chi connectivity index (χ3n) is 4.29. The second kappa shape index (κ2) is 9.83. The molecule has 1 saturated heterocycles. The van der Waals surface area contributed by atoms with Crippen LogP contribution < -0.4 is 10.6 Å². The number of hydrogen-bond donors (Lipinski definition) is 2. The second-order valence-corrected chi connectivity index (χ2v) is 9.26. The molecule has 0 spiro atoms. The highest BCUT2D eigenvalue weighted by molar-refractivity contribution is 7.89. The van der Waals surface area contributed by atoms with Gasteiger partial charge in [0, 0.05) is 30.7 Å². The smallest absolute Gasteiger partial charge is 0.358 e. The molecule has 0 saturated carbocycles. The number of anilines is 2. The minimum Gasteiger partial charge on any atom is -0.451 e. The molecule has 2 heterocycles. The molecular weight excluding hydrogens is 428 g/mol. The van der Waals surface area contributed by atoms with Crippen LogP contribution in [0.5, 0.6) is 0 Å². The fourth-order valence-corrected chi connectivity index (χ4v) is 5.01. The number of rotatable bonds is 9. The summed E-state index contributed by atoms with van der Waals surface area (Å²) in [6.45, 7) is 4.66. The Bertz CT molecular complexity index is 1010. The molecule has 2 N–H and O–H groups in total. The maximum absolute atomic E-state index is 12.5. The standard InChI is InChI=1S/C19H22N4O5S2/c1-2-9-20-19-22-16(13-29-19)18(25)28-12-17(24)21-14-5-7-15(8-6-14)30(26,27)23-10-3-4-11-23/h2,5-8,13H,1,3-4,9-12H2,(H,20,22)(H,21,24). The van der Waals surface area contributed by atoms with Crippen LogP contribution in [0.3, 0.4) is 0 Å². The maximum Gasteiger partial charge on any atom is 0.358 e. The van der Waals surface area contributed by atoms with Gasteiger partial charge in [0.15, 0.2) is 17.4 Å². The van der Waals surface area contributed by atoms with E-state index in [1.165, 1.54) is 45.3 Å². The number of ether oxygens (including phenoxy) is 1. The molecular formula is C19H22N4O5S2. The van der Waals surface area contributed by atoms with Gasteiger partial charge in [0.2, 0.25) is 10.0 Å². The number of carbonyl (C=O) groups is 2. The van der Waals surface area contributed by atoms with E-state index in [4.69, 9.17) is 4.74 Å². The molecule has 1 aliphatic rings. The molecule has 1 aliphatic heterocycles. The van der Waals surface area contributed by atoms with E-state index in [1.807, 2.05) is 0 Å². The van der Waals surface area contributed by atoms with Crippen LogP contribution in [0.2, 0.25) is 0 Å². The molecule has 3 rings (SSSR count). The molecule has 0 aliphatic carbocycles. The third kappa shape index (κ3) is 5.43. The average Bonchev–Trinajstić information content (AvgIpc) is 3.43. The van der Waals surface area contributed by atoms with Gasteiger partial charge in [0.25, 0.3) is 5.91 Å². The number of sulfonamides is 1. The lowest BCUT2D eigenvalue weighted by Crippen LogP contribution is -2.27. The third-order valence-corrected chi connectivity index (χ3v) is 7.00. The van der Waals surface area contributed by atoms with E-state index in [0.717, 1.165) is 12.8 Å². The largest absolute Gasteiger partial charge is 0.451 e. The van der Waals surface area contributed by atoms with Crippen LogP contribution in [0.25, 0.3) is 0 Å². The Morgan fingerprint density at radius 1 is 1.23 bits per heavy atom. The van der Waals surface area contributed by atoms with Crippen molar-refractivity contribution in [1.82, 2.24) is 9.29 Å². The predicted octanol–water partition coefficient (Wildman–Crippen LogP) is 2.32. The molecule has 0 bridgehead atoms. The number of carbonyl (C=O) groups excluding carboxylic acids is 2. The molecule has 0 radical (unpaired) electrons. The summed E-state index contributed by atoms with van der Waals surface area (Å²) in [4.78, 5) is 28.3. The van der Waals surface area contributed by atoms with E-state index < -0.39 is 28.5 Å². The minimum absolute atomic E-state index is 0.107. The van der Waals surface area contributed by atoms with Crippen LogP contribution in [0, 0.1) is 0 Å². The first kappa shape index (κ1) is 21.9. The number of benzene rings is 1. The fourth-order valence-electron chi connectivity index (χ4n) is 2.80. The Hall–Kier alpha value is -2.76. The Labute approximate surface area is 178 Å². The Balaban J connectivity index is 1.50. The van der Waals surface area contributed by atoms with Crippen LogP contribution >= 0.6 is 11.3 Å². The Morgan fingerprint density at radius 3 is 2.60 bits per heavy atom. The van der Waals surface area contributed by atoms with Crippen molar-refractivity contribution in [2.45, 2.75) is 17.7 Å². The van der Waals surface area contributed by atoms with Crippen LogP contribution in [-0.2, 0) is 19.6 Å². The first-order chi connectivity index (χ1) is 14.4. The average molecular weight is 451 g/mol. The lowest BCUT2D eigenvalue weighted by atomic mass is 10.3. The Kier molecular flexibility index (Phi) is 7.19. The van der Waals surface area contributed by atoms with Crippen molar-refractivity contribution in [2.75, 3.05) is 36.9 Å². The van der Waals surface area contributed by atoms with Gasteiger partial charge in [-0.25, -0.2) is 18.2 Å². The van der Waals surface area contributed by atoms with Gasteiger partial charge in [0.05, 0.1) is 4.90 Å². The normalized spacial score (nSPS) is 14.3.